The van der Waals surface area contributed by atoms with Gasteiger partial charge in [-0.3, -0.25) is 14.7 Å². The summed E-state index contributed by atoms with van der Waals surface area (Å²) in [4.78, 5) is 13.9. The number of benzene rings is 2. The Morgan fingerprint density at radius 3 is 2.38 bits per heavy atom. The van der Waals surface area contributed by atoms with E-state index in [2.05, 4.69) is 11.2 Å². The van der Waals surface area contributed by atoms with Crippen LogP contribution in [0.2, 0.25) is 0 Å². The lowest BCUT2D eigenvalue weighted by Gasteiger charge is -2.06. The second kappa shape index (κ2) is 6.43. The van der Waals surface area contributed by atoms with Crippen molar-refractivity contribution in [3.63, 3.8) is 0 Å². The minimum Gasteiger partial charge on any atom is -0.295 e. The molecule has 130 valence electrons. The molecular formula is C20H18N4OS. The Morgan fingerprint density at radius 1 is 1.15 bits per heavy atom. The summed E-state index contributed by atoms with van der Waals surface area (Å²) < 4.78 is 9.79. The fraction of sp³-hybridized carbons (Fsp3) is 0.200. The Bertz CT molecular complexity index is 1080. The van der Waals surface area contributed by atoms with E-state index in [1.165, 1.54) is 4.68 Å². The van der Waals surface area contributed by atoms with Gasteiger partial charge in [-0.1, -0.05) is 22.8 Å². The molecule has 1 fully saturated rings. The van der Waals surface area contributed by atoms with Crippen molar-refractivity contribution in [3.8, 4) is 22.9 Å². The quantitative estimate of drug-likeness (QED) is 0.737. The van der Waals surface area contributed by atoms with Crippen molar-refractivity contribution >= 4 is 10.7 Å². The Hall–Kier alpha value is -2.91. The summed E-state index contributed by atoms with van der Waals surface area (Å²) in [7, 11) is -0.450. The maximum atomic E-state index is 12.9. The molecule has 0 amide bonds. The van der Waals surface area contributed by atoms with Crippen LogP contribution >= 0.6 is 0 Å². The summed E-state index contributed by atoms with van der Waals surface area (Å²) in [5, 5.41) is 12.6. The predicted molar refractivity (Wildman–Crippen MR) is 103 cm³/mol. The van der Waals surface area contributed by atoms with E-state index in [1.807, 2.05) is 31.2 Å². The van der Waals surface area contributed by atoms with E-state index in [0.29, 0.717) is 16.4 Å². The standard InChI is InChI=1S/C20H18N4OS/c1-13-19(15-4-2-14(12-21)3-5-15)20(25)24(23-13)16-6-8-17(9-7-16)26(22)18-10-11-18/h2-9,18,22-23H,10-11H2,1H3/t26-/m1/s1. The predicted octanol–water partition coefficient (Wildman–Crippen LogP) is 3.91. The van der Waals surface area contributed by atoms with E-state index in [0.717, 1.165) is 34.7 Å². The maximum absolute atomic E-state index is 12.9. The zero-order chi connectivity index (χ0) is 18.3. The smallest absolute Gasteiger partial charge is 0.279 e. The highest BCUT2D eigenvalue weighted by Crippen LogP contribution is 2.31. The third-order valence-electron chi connectivity index (χ3n) is 4.58. The van der Waals surface area contributed by atoms with Gasteiger partial charge in [-0.25, -0.2) is 4.68 Å². The second-order valence-corrected chi connectivity index (χ2v) is 8.29. The monoisotopic (exact) mass is 362 g/mol. The second-order valence-electron chi connectivity index (χ2n) is 6.47. The zero-order valence-corrected chi connectivity index (χ0v) is 15.1. The Kier molecular flexibility index (Phi) is 4.09. The summed E-state index contributed by atoms with van der Waals surface area (Å²) in [5.74, 6) is 0. The first-order valence-corrected chi connectivity index (χ1v) is 9.74. The van der Waals surface area contributed by atoms with Crippen LogP contribution in [0, 0.1) is 23.0 Å². The van der Waals surface area contributed by atoms with Crippen molar-refractivity contribution in [1.29, 1.82) is 10.0 Å². The third-order valence-corrected chi connectivity index (χ3v) is 6.50. The molecule has 0 spiro atoms. The van der Waals surface area contributed by atoms with E-state index in [9.17, 15) is 4.79 Å². The molecule has 1 aliphatic rings. The van der Waals surface area contributed by atoms with Crippen LogP contribution in [-0.2, 0) is 10.7 Å². The molecule has 0 aliphatic heterocycles. The van der Waals surface area contributed by atoms with Gasteiger partial charge in [0.2, 0.25) is 0 Å². The first kappa shape index (κ1) is 16.6. The molecule has 2 aromatic carbocycles. The molecule has 1 aromatic heterocycles. The number of rotatable bonds is 4. The van der Waals surface area contributed by atoms with Crippen LogP contribution in [0.25, 0.3) is 16.8 Å². The first-order valence-electron chi connectivity index (χ1n) is 8.45. The summed E-state index contributed by atoms with van der Waals surface area (Å²) in [5.41, 5.74) is 3.39. The molecule has 1 heterocycles. The highest BCUT2D eigenvalue weighted by atomic mass is 32.2. The van der Waals surface area contributed by atoms with E-state index >= 15 is 0 Å². The number of nitriles is 1. The van der Waals surface area contributed by atoms with Crippen molar-refractivity contribution < 1.29 is 0 Å². The number of H-pyrrole nitrogens is 1. The lowest BCUT2D eigenvalue weighted by atomic mass is 10.1. The van der Waals surface area contributed by atoms with Gasteiger partial charge in [0.1, 0.15) is 0 Å². The fourth-order valence-electron chi connectivity index (χ4n) is 3.02. The van der Waals surface area contributed by atoms with Crippen LogP contribution in [-0.4, -0.2) is 15.0 Å². The highest BCUT2D eigenvalue weighted by molar-refractivity contribution is 7.87. The molecule has 0 radical (unpaired) electrons. The molecule has 1 aliphatic carbocycles. The van der Waals surface area contributed by atoms with Crippen LogP contribution in [0.3, 0.4) is 0 Å². The number of hydrogen-bond donors (Lipinski definition) is 2. The summed E-state index contributed by atoms with van der Waals surface area (Å²) in [6.45, 7) is 1.87. The molecule has 26 heavy (non-hydrogen) atoms. The molecule has 6 heteroatoms. The Morgan fingerprint density at radius 2 is 1.81 bits per heavy atom. The number of aromatic nitrogens is 2. The number of hydrogen-bond acceptors (Lipinski definition) is 3. The van der Waals surface area contributed by atoms with Crippen molar-refractivity contribution in [2.24, 2.45) is 0 Å². The van der Waals surface area contributed by atoms with Crippen LogP contribution in [0.4, 0.5) is 0 Å². The summed E-state index contributed by atoms with van der Waals surface area (Å²) >= 11 is 0. The largest absolute Gasteiger partial charge is 0.295 e. The molecule has 1 saturated carbocycles. The van der Waals surface area contributed by atoms with Gasteiger partial charge in [-0.2, -0.15) is 5.26 Å². The van der Waals surface area contributed by atoms with Gasteiger partial charge in [0.15, 0.2) is 0 Å². The van der Waals surface area contributed by atoms with E-state index in [4.69, 9.17) is 10.0 Å². The van der Waals surface area contributed by atoms with Gasteiger partial charge in [-0.15, -0.1) is 0 Å². The van der Waals surface area contributed by atoms with E-state index in [-0.39, 0.29) is 5.56 Å². The summed E-state index contributed by atoms with van der Waals surface area (Å²) in [6, 6.07) is 16.8. The normalized spacial score (nSPS) is 14.8. The SMILES string of the molecule is Cc1[nH]n(-c2ccc([S@@](=N)C3CC3)cc2)c(=O)c1-c1ccc(C#N)cc1. The van der Waals surface area contributed by atoms with Gasteiger partial charge in [0.25, 0.3) is 5.56 Å². The van der Waals surface area contributed by atoms with Crippen molar-refractivity contribution in [1.82, 2.24) is 9.78 Å². The van der Waals surface area contributed by atoms with Crippen molar-refractivity contribution in [2.75, 3.05) is 0 Å². The topological polar surface area (TPSA) is 85.4 Å². The average Bonchev–Trinajstić information content (AvgIpc) is 3.47. The maximum Gasteiger partial charge on any atom is 0.279 e. The lowest BCUT2D eigenvalue weighted by molar-refractivity contribution is 0.834. The van der Waals surface area contributed by atoms with E-state index < -0.39 is 10.7 Å². The van der Waals surface area contributed by atoms with Gasteiger partial charge in [0.05, 0.1) is 22.9 Å². The first-order chi connectivity index (χ1) is 12.6. The number of aromatic amines is 1. The lowest BCUT2D eigenvalue weighted by Crippen LogP contribution is -2.15. The number of aryl methyl sites for hydroxylation is 1. The minimum atomic E-state index is -0.450. The molecule has 4 rings (SSSR count). The fourth-order valence-corrected chi connectivity index (χ4v) is 4.44. The van der Waals surface area contributed by atoms with Crippen LogP contribution in [0.15, 0.2) is 58.2 Å². The zero-order valence-electron chi connectivity index (χ0n) is 14.3. The molecule has 3 aromatic rings. The summed E-state index contributed by atoms with van der Waals surface area (Å²) in [6.07, 6.45) is 2.30. The van der Waals surface area contributed by atoms with Crippen molar-refractivity contribution in [2.45, 2.75) is 29.9 Å². The Balaban J connectivity index is 1.70. The van der Waals surface area contributed by atoms with Crippen molar-refractivity contribution in [3.05, 3.63) is 70.1 Å². The van der Waals surface area contributed by atoms with Gasteiger partial charge >= 0.3 is 0 Å². The minimum absolute atomic E-state index is 0.118. The van der Waals surface area contributed by atoms with Gasteiger partial charge in [0, 0.05) is 15.8 Å². The average molecular weight is 362 g/mol. The molecule has 5 nitrogen and oxygen atoms in total. The van der Waals surface area contributed by atoms with E-state index in [1.54, 1.807) is 24.3 Å². The third kappa shape index (κ3) is 2.91. The number of nitrogens with one attached hydrogen (secondary N) is 2. The van der Waals surface area contributed by atoms with Crippen LogP contribution < -0.4 is 5.56 Å². The van der Waals surface area contributed by atoms with Gasteiger partial charge < -0.3 is 0 Å². The molecule has 1 atom stereocenters. The molecule has 0 saturated heterocycles. The number of nitrogens with zero attached hydrogens (tertiary/aromatic N) is 2. The highest BCUT2D eigenvalue weighted by Gasteiger charge is 2.26. The van der Waals surface area contributed by atoms with Gasteiger partial charge in [-0.05, 0) is 61.7 Å². The molecule has 0 bridgehead atoms. The van der Waals surface area contributed by atoms with Crippen LogP contribution in [0.1, 0.15) is 24.1 Å². The molecular weight excluding hydrogens is 344 g/mol. The Labute approximate surface area is 153 Å². The molecule has 2 N–H and O–H groups in total. The molecule has 0 unspecified atom stereocenters. The van der Waals surface area contributed by atoms with Crippen LogP contribution in [0.5, 0.6) is 0 Å².